The Morgan fingerprint density at radius 2 is 2.00 bits per heavy atom. The number of carbonyl (C=O) groups is 2. The van der Waals surface area contributed by atoms with E-state index in [1.807, 2.05) is 13.0 Å². The number of ketones is 1. The largest absolute Gasteiger partial charge is 0.458 e. The maximum Gasteiger partial charge on any atom is 0.330 e. The molecule has 1 rings (SSSR count). The van der Waals surface area contributed by atoms with Gasteiger partial charge >= 0.3 is 5.97 Å². The summed E-state index contributed by atoms with van der Waals surface area (Å²) in [7, 11) is 0. The first kappa shape index (κ1) is 20.1. The molecule has 1 aliphatic carbocycles. The molecule has 0 amide bonds. The van der Waals surface area contributed by atoms with Crippen molar-refractivity contribution >= 4 is 11.8 Å². The normalized spacial score (nSPS) is 23.9. The molecule has 0 N–H and O–H groups in total. The summed E-state index contributed by atoms with van der Waals surface area (Å²) < 4.78 is 5.21. The minimum absolute atomic E-state index is 0.0213. The van der Waals surface area contributed by atoms with E-state index in [9.17, 15) is 9.59 Å². The van der Waals surface area contributed by atoms with Gasteiger partial charge in [0.05, 0.1) is 0 Å². The van der Waals surface area contributed by atoms with E-state index >= 15 is 0 Å². The summed E-state index contributed by atoms with van der Waals surface area (Å²) in [6.07, 6.45) is 14.3. The zero-order valence-corrected chi connectivity index (χ0v) is 15.3. The molecule has 0 unspecified atom stereocenters. The van der Waals surface area contributed by atoms with Gasteiger partial charge in [-0.05, 0) is 61.2 Å². The topological polar surface area (TPSA) is 43.4 Å². The van der Waals surface area contributed by atoms with Gasteiger partial charge in [-0.25, -0.2) is 4.79 Å². The number of hydrogen-bond donors (Lipinski definition) is 0. The van der Waals surface area contributed by atoms with Gasteiger partial charge in [-0.15, -0.1) is 0 Å². The Bertz CT molecular complexity index is 545. The van der Waals surface area contributed by atoms with E-state index < -0.39 is 5.97 Å². The van der Waals surface area contributed by atoms with Crippen LogP contribution >= 0.6 is 0 Å². The smallest absolute Gasteiger partial charge is 0.330 e. The van der Waals surface area contributed by atoms with Gasteiger partial charge in [0, 0.05) is 6.08 Å². The lowest BCUT2D eigenvalue weighted by molar-refractivity contribution is -0.136. The number of esters is 1. The van der Waals surface area contributed by atoms with Gasteiger partial charge in [-0.2, -0.15) is 0 Å². The van der Waals surface area contributed by atoms with E-state index in [0.29, 0.717) is 6.61 Å². The molecule has 3 heteroatoms. The van der Waals surface area contributed by atoms with Crippen LogP contribution < -0.4 is 0 Å². The summed E-state index contributed by atoms with van der Waals surface area (Å²) in [6.45, 7) is 10.0. The summed E-state index contributed by atoms with van der Waals surface area (Å²) in [4.78, 5) is 23.7. The monoisotopic (exact) mass is 330 g/mol. The highest BCUT2D eigenvalue weighted by Gasteiger charge is 2.23. The van der Waals surface area contributed by atoms with Crippen molar-refractivity contribution in [3.63, 3.8) is 0 Å². The molecule has 3 nitrogen and oxygen atoms in total. The molecule has 0 spiro atoms. The van der Waals surface area contributed by atoms with Crippen LogP contribution in [0.1, 0.15) is 59.3 Å². The molecule has 0 saturated carbocycles. The molecule has 0 heterocycles. The van der Waals surface area contributed by atoms with Crippen LogP contribution in [0.4, 0.5) is 0 Å². The van der Waals surface area contributed by atoms with Gasteiger partial charge in [0.1, 0.15) is 6.61 Å². The zero-order chi connectivity index (χ0) is 18.0. The lowest BCUT2D eigenvalue weighted by atomic mass is 9.78. The van der Waals surface area contributed by atoms with Crippen molar-refractivity contribution in [3.8, 4) is 0 Å². The Hall–Kier alpha value is -1.90. The molecule has 0 aromatic heterocycles. The molecule has 1 aliphatic rings. The van der Waals surface area contributed by atoms with Crippen LogP contribution in [-0.2, 0) is 14.3 Å². The minimum Gasteiger partial charge on any atom is -0.458 e. The summed E-state index contributed by atoms with van der Waals surface area (Å²) in [6, 6.07) is 0. The maximum atomic E-state index is 12.4. The third kappa shape index (κ3) is 5.95. The van der Waals surface area contributed by atoms with Crippen molar-refractivity contribution in [3.05, 3.63) is 48.1 Å². The second-order valence-electron chi connectivity index (χ2n) is 6.27. The first-order valence-corrected chi connectivity index (χ1v) is 8.90. The number of carbonyl (C=O) groups excluding carboxylic acids is 2. The van der Waals surface area contributed by atoms with Crippen molar-refractivity contribution in [1.82, 2.24) is 0 Å². The van der Waals surface area contributed by atoms with Crippen molar-refractivity contribution in [2.45, 2.75) is 59.3 Å². The van der Waals surface area contributed by atoms with Gasteiger partial charge in [0.25, 0.3) is 0 Å². The molecule has 0 saturated heterocycles. The fourth-order valence-electron chi connectivity index (χ4n) is 2.86. The summed E-state index contributed by atoms with van der Waals surface area (Å²) >= 11 is 0. The summed E-state index contributed by atoms with van der Waals surface area (Å²) in [5.74, 6) is -0.285. The first-order chi connectivity index (χ1) is 11.5. The van der Waals surface area contributed by atoms with Gasteiger partial charge in [-0.1, -0.05) is 45.6 Å². The minimum atomic E-state index is -0.401. The molecule has 132 valence electrons. The first-order valence-electron chi connectivity index (χ1n) is 8.90. The molecule has 0 aromatic rings. The molecule has 0 atom stereocenters. The van der Waals surface area contributed by atoms with Crippen LogP contribution in [0.5, 0.6) is 0 Å². The van der Waals surface area contributed by atoms with Crippen LogP contribution in [0.2, 0.25) is 0 Å². The predicted molar refractivity (Wildman–Crippen MR) is 98.6 cm³/mol. The van der Waals surface area contributed by atoms with Crippen molar-refractivity contribution in [1.29, 1.82) is 0 Å². The number of hydrogen-bond acceptors (Lipinski definition) is 3. The fourth-order valence-corrected chi connectivity index (χ4v) is 2.86. The molecule has 0 bridgehead atoms. The highest BCUT2D eigenvalue weighted by Crippen LogP contribution is 2.34. The van der Waals surface area contributed by atoms with Crippen LogP contribution in [0.25, 0.3) is 0 Å². The Morgan fingerprint density at radius 1 is 1.29 bits per heavy atom. The van der Waals surface area contributed by atoms with Gasteiger partial charge in [-0.3, -0.25) is 4.79 Å². The van der Waals surface area contributed by atoms with Crippen LogP contribution in [0, 0.1) is 5.41 Å². The number of ether oxygens (including phenoxy) is 1. The number of rotatable bonds is 6. The third-order valence-corrected chi connectivity index (χ3v) is 4.91. The lowest BCUT2D eigenvalue weighted by Gasteiger charge is -2.27. The van der Waals surface area contributed by atoms with Gasteiger partial charge in [0.2, 0.25) is 0 Å². The molecule has 0 fully saturated rings. The fraction of sp³-hybridized carbons (Fsp3) is 0.524. The van der Waals surface area contributed by atoms with Crippen LogP contribution in [0.3, 0.4) is 0 Å². The molecular weight excluding hydrogens is 300 g/mol. The predicted octanol–water partition coefficient (Wildman–Crippen LogP) is 5.09. The Labute approximate surface area is 146 Å². The van der Waals surface area contributed by atoms with Crippen molar-refractivity contribution < 1.29 is 14.3 Å². The van der Waals surface area contributed by atoms with E-state index in [1.165, 1.54) is 6.08 Å². The SMILES string of the molecule is C=CC(=O)OC/C1=C/CC(CC)(CC)/C=C\C(=O)/C(CC)=C\CC1. The van der Waals surface area contributed by atoms with E-state index in [1.54, 1.807) is 6.08 Å². The molecule has 0 aliphatic heterocycles. The van der Waals surface area contributed by atoms with Gasteiger partial charge < -0.3 is 4.74 Å². The molecule has 0 radical (unpaired) electrons. The molecule has 24 heavy (non-hydrogen) atoms. The molecule has 0 aromatic carbocycles. The molecular formula is C21H30O3. The van der Waals surface area contributed by atoms with Gasteiger partial charge in [0.15, 0.2) is 5.78 Å². The second kappa shape index (κ2) is 10.1. The van der Waals surface area contributed by atoms with E-state index in [4.69, 9.17) is 4.74 Å². The average molecular weight is 330 g/mol. The average Bonchev–Trinajstić information content (AvgIpc) is 2.64. The highest BCUT2D eigenvalue weighted by molar-refractivity contribution is 6.03. The third-order valence-electron chi connectivity index (χ3n) is 4.91. The Balaban J connectivity index is 3.08. The van der Waals surface area contributed by atoms with Crippen LogP contribution in [0.15, 0.2) is 48.1 Å². The van der Waals surface area contributed by atoms with E-state index in [-0.39, 0.29) is 11.2 Å². The lowest BCUT2D eigenvalue weighted by Crippen LogP contribution is -2.16. The quantitative estimate of drug-likeness (QED) is 0.387. The number of allylic oxidation sites excluding steroid dienone is 5. The Kier molecular flexibility index (Phi) is 8.45. The second-order valence-corrected chi connectivity index (χ2v) is 6.27. The van der Waals surface area contributed by atoms with E-state index in [2.05, 4.69) is 32.6 Å². The van der Waals surface area contributed by atoms with Crippen LogP contribution in [-0.4, -0.2) is 18.4 Å². The Morgan fingerprint density at radius 3 is 2.58 bits per heavy atom. The maximum absolute atomic E-state index is 12.4. The van der Waals surface area contributed by atoms with Crippen molar-refractivity contribution in [2.75, 3.05) is 6.61 Å². The summed E-state index contributed by atoms with van der Waals surface area (Å²) in [5, 5.41) is 0. The summed E-state index contributed by atoms with van der Waals surface area (Å²) in [5.41, 5.74) is 1.94. The van der Waals surface area contributed by atoms with E-state index in [0.717, 1.165) is 49.7 Å². The highest BCUT2D eigenvalue weighted by atomic mass is 16.5. The zero-order valence-electron chi connectivity index (χ0n) is 15.3. The van der Waals surface area contributed by atoms with Crippen molar-refractivity contribution in [2.24, 2.45) is 5.41 Å². The standard InChI is InChI=1S/C21H30O3/c1-5-18-11-9-10-17(16-24-20(23)6-2)12-14-21(7-3,8-4)15-13-19(18)22/h6,11-13,15H,2,5,7-10,14,16H2,1,3-4H3/b15-13-,17-12+,18-11-.